The number of aromatic nitrogens is 5. The van der Waals surface area contributed by atoms with E-state index in [1.165, 1.54) is 13.1 Å². The lowest BCUT2D eigenvalue weighted by Gasteiger charge is -2.09. The highest BCUT2D eigenvalue weighted by atomic mass is 79.9. The van der Waals surface area contributed by atoms with Gasteiger partial charge in [0.05, 0.1) is 22.1 Å². The molecule has 0 fully saturated rings. The molecule has 3 aromatic heterocycles. The molecule has 0 aliphatic rings. The van der Waals surface area contributed by atoms with Crippen LogP contribution in [-0.4, -0.2) is 30.3 Å². The van der Waals surface area contributed by atoms with Gasteiger partial charge in [0.15, 0.2) is 11.3 Å². The second-order valence-corrected chi connectivity index (χ2v) is 6.39. The number of amides is 1. The summed E-state index contributed by atoms with van der Waals surface area (Å²) in [5, 5.41) is 10.5. The maximum absolute atomic E-state index is 13.3. The van der Waals surface area contributed by atoms with E-state index in [2.05, 4.69) is 36.4 Å². The van der Waals surface area contributed by atoms with Gasteiger partial charge in [-0.1, -0.05) is 0 Å². The Kier molecular flexibility index (Phi) is 4.51. The van der Waals surface area contributed by atoms with Crippen molar-refractivity contribution in [1.29, 1.82) is 0 Å². The Bertz CT molecular complexity index is 1010. The number of carbonyl (C=O) groups is 1. The summed E-state index contributed by atoms with van der Waals surface area (Å²) in [6.07, 6.45) is -3.16. The van der Waals surface area contributed by atoms with Gasteiger partial charge in [0.25, 0.3) is 5.91 Å². The molecule has 11 heteroatoms. The molecule has 0 aromatic carbocycles. The van der Waals surface area contributed by atoms with Crippen LogP contribution in [0, 0.1) is 13.8 Å². The number of hydrogen-bond donors (Lipinski definition) is 1. The summed E-state index contributed by atoms with van der Waals surface area (Å²) >= 11 is 3.14. The Morgan fingerprint density at radius 1 is 1.35 bits per heavy atom. The van der Waals surface area contributed by atoms with E-state index >= 15 is 0 Å². The number of halogens is 4. The van der Waals surface area contributed by atoms with Gasteiger partial charge in [-0.3, -0.25) is 9.48 Å². The van der Waals surface area contributed by atoms with Gasteiger partial charge in [-0.05, 0) is 42.8 Å². The maximum atomic E-state index is 13.3. The fraction of sp³-hybridized carbons (Fsp3) is 0.333. The first-order valence-corrected chi connectivity index (χ1v) is 8.39. The van der Waals surface area contributed by atoms with Crippen molar-refractivity contribution in [1.82, 2.24) is 24.4 Å². The summed E-state index contributed by atoms with van der Waals surface area (Å²) in [5.74, 6) is -0.660. The molecule has 0 radical (unpaired) electrons. The predicted octanol–water partition coefficient (Wildman–Crippen LogP) is 3.60. The van der Waals surface area contributed by atoms with Gasteiger partial charge in [-0.25, -0.2) is 9.50 Å². The number of aryl methyl sites for hydroxylation is 2. The Hall–Kier alpha value is -2.43. The molecule has 3 aromatic rings. The molecule has 0 atom stereocenters. The lowest BCUT2D eigenvalue weighted by molar-refractivity contribution is -0.142. The molecule has 0 spiro atoms. The van der Waals surface area contributed by atoms with Gasteiger partial charge in [0.1, 0.15) is 5.69 Å². The average Bonchev–Trinajstić information content (AvgIpc) is 3.07. The first kappa shape index (κ1) is 18.4. The maximum Gasteiger partial charge on any atom is 0.433 e. The molecule has 3 heterocycles. The number of nitrogens with one attached hydrogen (secondary N) is 1. The number of nitrogens with zero attached hydrogens (tertiary/aromatic N) is 5. The molecule has 0 saturated carbocycles. The van der Waals surface area contributed by atoms with E-state index in [1.807, 2.05) is 6.92 Å². The molecule has 1 amide bonds. The zero-order chi connectivity index (χ0) is 19.2. The van der Waals surface area contributed by atoms with Gasteiger partial charge in [-0.15, -0.1) is 0 Å². The Morgan fingerprint density at radius 3 is 2.62 bits per heavy atom. The van der Waals surface area contributed by atoms with Gasteiger partial charge < -0.3 is 5.32 Å². The van der Waals surface area contributed by atoms with E-state index in [1.54, 1.807) is 11.6 Å². The molecule has 1 N–H and O–H groups in total. The number of alkyl halides is 3. The molecular weight excluding hydrogens is 417 g/mol. The van der Waals surface area contributed by atoms with Crippen LogP contribution >= 0.6 is 15.9 Å². The van der Waals surface area contributed by atoms with Crippen molar-refractivity contribution in [2.75, 3.05) is 5.32 Å². The summed E-state index contributed by atoms with van der Waals surface area (Å²) < 4.78 is 42.2. The van der Waals surface area contributed by atoms with Crippen LogP contribution in [0.2, 0.25) is 0 Å². The second-order valence-electron chi connectivity index (χ2n) is 5.59. The first-order valence-electron chi connectivity index (χ1n) is 7.60. The monoisotopic (exact) mass is 430 g/mol. The van der Waals surface area contributed by atoms with Crippen molar-refractivity contribution in [3.63, 3.8) is 0 Å². The van der Waals surface area contributed by atoms with Gasteiger partial charge >= 0.3 is 6.18 Å². The van der Waals surface area contributed by atoms with Crippen LogP contribution in [0.3, 0.4) is 0 Å². The van der Waals surface area contributed by atoms with Crippen molar-refractivity contribution in [2.45, 2.75) is 33.5 Å². The third kappa shape index (κ3) is 3.06. The number of fused-ring (bicyclic) bond motifs is 1. The van der Waals surface area contributed by atoms with Crippen LogP contribution in [0.15, 0.2) is 16.7 Å². The summed E-state index contributed by atoms with van der Waals surface area (Å²) in [4.78, 5) is 16.6. The number of carbonyl (C=O) groups excluding carboxylic acids is 1. The Labute approximate surface area is 154 Å². The van der Waals surface area contributed by atoms with E-state index in [4.69, 9.17) is 0 Å². The third-order valence-electron chi connectivity index (χ3n) is 3.82. The molecule has 0 saturated heterocycles. The van der Waals surface area contributed by atoms with Crippen molar-refractivity contribution in [3.8, 4) is 0 Å². The minimum absolute atomic E-state index is 0.0801. The molecule has 3 rings (SSSR count). The molecule has 138 valence electrons. The predicted molar refractivity (Wildman–Crippen MR) is 91.0 cm³/mol. The van der Waals surface area contributed by atoms with Crippen LogP contribution in [0.4, 0.5) is 18.9 Å². The summed E-state index contributed by atoms with van der Waals surface area (Å²) in [5.41, 5.74) is 0.0690. The average molecular weight is 431 g/mol. The summed E-state index contributed by atoms with van der Waals surface area (Å²) in [7, 11) is 0. The summed E-state index contributed by atoms with van der Waals surface area (Å²) in [6, 6.07) is 0.879. The lowest BCUT2D eigenvalue weighted by atomic mass is 10.3. The van der Waals surface area contributed by atoms with Crippen molar-refractivity contribution >= 4 is 33.2 Å². The van der Waals surface area contributed by atoms with Crippen LogP contribution in [0.5, 0.6) is 0 Å². The number of anilines is 1. The molecule has 7 nitrogen and oxygen atoms in total. The molecule has 0 aliphatic heterocycles. The zero-order valence-corrected chi connectivity index (χ0v) is 15.6. The van der Waals surface area contributed by atoms with Gasteiger partial charge in [0, 0.05) is 12.2 Å². The van der Waals surface area contributed by atoms with Crippen molar-refractivity contribution in [3.05, 3.63) is 39.5 Å². The lowest BCUT2D eigenvalue weighted by Crippen LogP contribution is -2.16. The molecular formula is C15H14BrF3N6O. The van der Waals surface area contributed by atoms with Crippen LogP contribution < -0.4 is 5.32 Å². The SMILES string of the molecule is CCn1ncc(NC(=O)c2nn3c(C(F)(F)F)cc(C)nc3c2Br)c1C. The standard InChI is InChI=1S/C15H14BrF3N6O/c1-4-24-8(3)9(6-20-24)22-14(26)12-11(16)13-21-7(2)5-10(15(17,18)19)25(13)23-12/h5-6H,4H2,1-3H3,(H,22,26). The molecule has 0 aliphatic carbocycles. The van der Waals surface area contributed by atoms with E-state index < -0.39 is 17.8 Å². The largest absolute Gasteiger partial charge is 0.433 e. The highest BCUT2D eigenvalue weighted by Crippen LogP contribution is 2.32. The minimum Gasteiger partial charge on any atom is -0.318 e. The third-order valence-corrected chi connectivity index (χ3v) is 4.55. The van der Waals surface area contributed by atoms with Gasteiger partial charge in [0.2, 0.25) is 0 Å². The van der Waals surface area contributed by atoms with Crippen LogP contribution in [0.1, 0.15) is 34.5 Å². The van der Waals surface area contributed by atoms with Crippen molar-refractivity contribution in [2.24, 2.45) is 0 Å². The molecule has 26 heavy (non-hydrogen) atoms. The quantitative estimate of drug-likeness (QED) is 0.688. The first-order chi connectivity index (χ1) is 12.1. The number of hydrogen-bond acceptors (Lipinski definition) is 4. The van der Waals surface area contributed by atoms with E-state index in [-0.39, 0.29) is 21.5 Å². The fourth-order valence-electron chi connectivity index (χ4n) is 2.53. The van der Waals surface area contributed by atoms with E-state index in [0.717, 1.165) is 11.8 Å². The van der Waals surface area contributed by atoms with E-state index in [0.29, 0.717) is 16.7 Å². The topological polar surface area (TPSA) is 77.1 Å². The Balaban J connectivity index is 2.06. The smallest absolute Gasteiger partial charge is 0.318 e. The number of rotatable bonds is 3. The van der Waals surface area contributed by atoms with Crippen LogP contribution in [0.25, 0.3) is 5.65 Å². The van der Waals surface area contributed by atoms with Crippen LogP contribution in [-0.2, 0) is 12.7 Å². The second kappa shape index (κ2) is 6.38. The molecule has 0 bridgehead atoms. The van der Waals surface area contributed by atoms with Crippen molar-refractivity contribution < 1.29 is 18.0 Å². The minimum atomic E-state index is -4.63. The molecule has 0 unspecified atom stereocenters. The Morgan fingerprint density at radius 2 is 2.04 bits per heavy atom. The highest BCUT2D eigenvalue weighted by Gasteiger charge is 2.36. The fourth-order valence-corrected chi connectivity index (χ4v) is 3.05. The van der Waals surface area contributed by atoms with E-state index in [9.17, 15) is 18.0 Å². The highest BCUT2D eigenvalue weighted by molar-refractivity contribution is 9.10. The normalized spacial score (nSPS) is 12.0. The van der Waals surface area contributed by atoms with Gasteiger partial charge in [-0.2, -0.15) is 23.4 Å². The zero-order valence-electron chi connectivity index (χ0n) is 14.0. The summed E-state index contributed by atoms with van der Waals surface area (Å²) in [6.45, 7) is 5.74.